The van der Waals surface area contributed by atoms with Gasteiger partial charge in [-0.3, -0.25) is 4.79 Å². The van der Waals surface area contributed by atoms with Crippen molar-refractivity contribution in [3.05, 3.63) is 65.2 Å². The molecule has 1 atom stereocenters. The average molecular weight is 344 g/mol. The lowest BCUT2D eigenvalue weighted by Crippen LogP contribution is -2.38. The summed E-state index contributed by atoms with van der Waals surface area (Å²) in [6.07, 6.45) is 1.63. The van der Waals surface area contributed by atoms with E-state index in [9.17, 15) is 13.6 Å². The van der Waals surface area contributed by atoms with Crippen LogP contribution in [0.3, 0.4) is 0 Å². The largest absolute Gasteiger partial charge is 0.311 e. The van der Waals surface area contributed by atoms with Crippen LogP contribution in [0.25, 0.3) is 0 Å². The zero-order valence-corrected chi connectivity index (χ0v) is 14.5. The third-order valence-corrected chi connectivity index (χ3v) is 4.56. The summed E-state index contributed by atoms with van der Waals surface area (Å²) in [5.41, 5.74) is 2.52. The Morgan fingerprint density at radius 3 is 2.48 bits per heavy atom. The maximum Gasteiger partial charge on any atom is 0.241 e. The van der Waals surface area contributed by atoms with E-state index < -0.39 is 0 Å². The molecule has 0 saturated carbocycles. The molecule has 25 heavy (non-hydrogen) atoms. The van der Waals surface area contributed by atoms with Crippen LogP contribution in [0, 0.1) is 11.6 Å². The number of halogens is 2. The van der Waals surface area contributed by atoms with Gasteiger partial charge >= 0.3 is 0 Å². The van der Waals surface area contributed by atoms with Crippen molar-refractivity contribution in [1.29, 1.82) is 0 Å². The molecule has 0 bridgehead atoms. The molecular formula is C20H22F2N2O. The number of benzene rings is 2. The average Bonchev–Trinajstić information content (AvgIpc) is 2.74. The number of rotatable bonds is 3. The van der Waals surface area contributed by atoms with Crippen molar-refractivity contribution >= 4 is 11.6 Å². The van der Waals surface area contributed by atoms with Crippen molar-refractivity contribution in [3.8, 4) is 0 Å². The molecule has 5 heteroatoms. The molecular weight excluding hydrogens is 322 g/mol. The summed E-state index contributed by atoms with van der Waals surface area (Å²) in [5.74, 6) is -0.661. The number of carbonyl (C=O) groups is 1. The van der Waals surface area contributed by atoms with E-state index >= 15 is 0 Å². The molecule has 3 rings (SSSR count). The molecule has 1 amide bonds. The predicted octanol–water partition coefficient (Wildman–Crippen LogP) is 3.79. The van der Waals surface area contributed by atoms with E-state index in [0.29, 0.717) is 12.2 Å². The molecule has 2 aromatic rings. The number of amides is 1. The molecule has 0 radical (unpaired) electrons. The maximum absolute atomic E-state index is 13.9. The Morgan fingerprint density at radius 1 is 1.12 bits per heavy atom. The Labute approximate surface area is 146 Å². The van der Waals surface area contributed by atoms with Crippen LogP contribution >= 0.6 is 0 Å². The van der Waals surface area contributed by atoms with Gasteiger partial charge in [-0.1, -0.05) is 18.2 Å². The molecule has 0 saturated heterocycles. The minimum atomic E-state index is -0.360. The molecule has 1 unspecified atom stereocenters. The first-order valence-electron chi connectivity index (χ1n) is 8.45. The van der Waals surface area contributed by atoms with E-state index in [4.69, 9.17) is 0 Å². The zero-order valence-electron chi connectivity index (χ0n) is 14.5. The van der Waals surface area contributed by atoms with Gasteiger partial charge in [-0.15, -0.1) is 0 Å². The van der Waals surface area contributed by atoms with Gasteiger partial charge in [-0.2, -0.15) is 0 Å². The van der Waals surface area contributed by atoms with E-state index in [2.05, 4.69) is 0 Å². The summed E-state index contributed by atoms with van der Waals surface area (Å²) in [7, 11) is 3.67. The Morgan fingerprint density at radius 2 is 1.80 bits per heavy atom. The van der Waals surface area contributed by atoms with Crippen LogP contribution in [0.4, 0.5) is 14.5 Å². The molecule has 2 aromatic carbocycles. The molecule has 0 N–H and O–H groups in total. The lowest BCUT2D eigenvalue weighted by atomic mass is 9.87. The highest BCUT2D eigenvalue weighted by atomic mass is 19.1. The summed E-state index contributed by atoms with van der Waals surface area (Å²) in [6.45, 7) is 0.831. The maximum atomic E-state index is 13.9. The second kappa shape index (κ2) is 7.31. The van der Waals surface area contributed by atoms with E-state index in [1.165, 1.54) is 24.3 Å². The third kappa shape index (κ3) is 3.87. The first-order chi connectivity index (χ1) is 12.0. The fraction of sp³-hybridized carbons (Fsp3) is 0.350. The molecule has 1 aliphatic heterocycles. The summed E-state index contributed by atoms with van der Waals surface area (Å²) in [4.78, 5) is 16.1. The lowest BCUT2D eigenvalue weighted by Gasteiger charge is -2.25. The number of carbonyl (C=O) groups excluding carboxylic acids is 1. The van der Waals surface area contributed by atoms with Gasteiger partial charge in [0.15, 0.2) is 0 Å². The fourth-order valence-corrected chi connectivity index (χ4v) is 3.43. The summed E-state index contributed by atoms with van der Waals surface area (Å²) in [6, 6.07) is 11.0. The van der Waals surface area contributed by atoms with Crippen LogP contribution in [0.1, 0.15) is 29.9 Å². The number of anilines is 1. The van der Waals surface area contributed by atoms with E-state index in [1.54, 1.807) is 23.1 Å². The molecule has 132 valence electrons. The standard InChI is InChI=1S/C20H22F2N2O/c1-23(2)13-20(25)24-11-3-4-17(14-5-7-15(21)8-6-14)18-10-9-16(22)12-19(18)24/h5-10,12,17H,3-4,11,13H2,1-2H3. The highest BCUT2D eigenvalue weighted by Gasteiger charge is 2.28. The van der Waals surface area contributed by atoms with Crippen molar-refractivity contribution in [3.63, 3.8) is 0 Å². The number of hydrogen-bond donors (Lipinski definition) is 0. The van der Waals surface area contributed by atoms with Crippen molar-refractivity contribution in [2.24, 2.45) is 0 Å². The molecule has 0 aromatic heterocycles. The Kier molecular flexibility index (Phi) is 5.13. The summed E-state index contributed by atoms with van der Waals surface area (Å²) < 4.78 is 27.2. The van der Waals surface area contributed by atoms with Crippen LogP contribution in [0.5, 0.6) is 0 Å². The Balaban J connectivity index is 2.03. The quantitative estimate of drug-likeness (QED) is 0.846. The van der Waals surface area contributed by atoms with Crippen molar-refractivity contribution in [1.82, 2.24) is 4.90 Å². The van der Waals surface area contributed by atoms with Crippen LogP contribution < -0.4 is 4.90 Å². The number of nitrogens with zero attached hydrogens (tertiary/aromatic N) is 2. The van der Waals surface area contributed by atoms with E-state index in [-0.39, 0.29) is 30.0 Å². The minimum Gasteiger partial charge on any atom is -0.311 e. The highest BCUT2D eigenvalue weighted by molar-refractivity contribution is 5.95. The van der Waals surface area contributed by atoms with Gasteiger partial charge in [0.25, 0.3) is 0 Å². The molecule has 0 fully saturated rings. The molecule has 3 nitrogen and oxygen atoms in total. The van der Waals surface area contributed by atoms with Crippen LogP contribution in [0.15, 0.2) is 42.5 Å². The molecule has 1 aliphatic rings. The first-order valence-corrected chi connectivity index (χ1v) is 8.45. The summed E-state index contributed by atoms with van der Waals surface area (Å²) >= 11 is 0. The third-order valence-electron chi connectivity index (χ3n) is 4.56. The van der Waals surface area contributed by atoms with Gasteiger partial charge in [0.2, 0.25) is 5.91 Å². The molecule has 0 aliphatic carbocycles. The van der Waals surface area contributed by atoms with Gasteiger partial charge in [0.05, 0.1) is 12.2 Å². The lowest BCUT2D eigenvalue weighted by molar-refractivity contribution is -0.119. The highest BCUT2D eigenvalue weighted by Crippen LogP contribution is 2.39. The first kappa shape index (κ1) is 17.5. The number of hydrogen-bond acceptors (Lipinski definition) is 2. The van der Waals surface area contributed by atoms with Crippen molar-refractivity contribution in [2.45, 2.75) is 18.8 Å². The number of fused-ring (bicyclic) bond motifs is 1. The normalized spacial score (nSPS) is 17.3. The Hall–Kier alpha value is -2.27. The fourth-order valence-electron chi connectivity index (χ4n) is 3.43. The molecule has 0 spiro atoms. The summed E-state index contributed by atoms with van der Waals surface area (Å²) in [5, 5.41) is 0. The van der Waals surface area contributed by atoms with Gasteiger partial charge < -0.3 is 9.80 Å². The van der Waals surface area contributed by atoms with Crippen LogP contribution in [0.2, 0.25) is 0 Å². The topological polar surface area (TPSA) is 23.6 Å². The van der Waals surface area contributed by atoms with Crippen molar-refractivity contribution in [2.75, 3.05) is 32.1 Å². The van der Waals surface area contributed by atoms with E-state index in [0.717, 1.165) is 24.0 Å². The zero-order chi connectivity index (χ0) is 18.0. The van der Waals surface area contributed by atoms with Gasteiger partial charge in [0, 0.05) is 12.5 Å². The predicted molar refractivity (Wildman–Crippen MR) is 94.8 cm³/mol. The second-order valence-corrected chi connectivity index (χ2v) is 6.73. The van der Waals surface area contributed by atoms with Gasteiger partial charge in [-0.25, -0.2) is 8.78 Å². The van der Waals surface area contributed by atoms with E-state index in [1.807, 2.05) is 19.0 Å². The van der Waals surface area contributed by atoms with Gasteiger partial charge in [0.1, 0.15) is 11.6 Å². The smallest absolute Gasteiger partial charge is 0.241 e. The second-order valence-electron chi connectivity index (χ2n) is 6.73. The van der Waals surface area contributed by atoms with Crippen molar-refractivity contribution < 1.29 is 13.6 Å². The monoisotopic (exact) mass is 344 g/mol. The Bertz CT molecular complexity index is 759. The SMILES string of the molecule is CN(C)CC(=O)N1CCCC(c2ccc(F)cc2)c2ccc(F)cc21. The van der Waals surface area contributed by atoms with Crippen LogP contribution in [-0.2, 0) is 4.79 Å². The molecule has 1 heterocycles. The minimum absolute atomic E-state index is 0.0216. The van der Waals surface area contributed by atoms with Gasteiger partial charge in [-0.05, 0) is 62.3 Å². The van der Waals surface area contributed by atoms with Crippen LogP contribution in [-0.4, -0.2) is 38.0 Å². The number of likely N-dealkylation sites (N-methyl/N-ethyl adjacent to an activating group) is 1.